The van der Waals surface area contributed by atoms with Gasteiger partial charge >= 0.3 is 0 Å². The normalized spacial score (nSPS) is 21.4. The van der Waals surface area contributed by atoms with Gasteiger partial charge in [-0.1, -0.05) is 25.4 Å². The third-order valence-corrected chi connectivity index (χ3v) is 5.07. The van der Waals surface area contributed by atoms with E-state index in [-0.39, 0.29) is 16.9 Å². The number of nitrogens with one attached hydrogen (secondary N) is 1. The van der Waals surface area contributed by atoms with Crippen LogP contribution in [0, 0.1) is 5.82 Å². The lowest BCUT2D eigenvalue weighted by Gasteiger charge is -2.52. The van der Waals surface area contributed by atoms with E-state index in [1.807, 2.05) is 0 Å². The number of nitrogens with zero attached hydrogens (tertiary/aromatic N) is 1. The van der Waals surface area contributed by atoms with Crippen molar-refractivity contribution < 1.29 is 4.39 Å². The molecule has 0 unspecified atom stereocenters. The minimum Gasteiger partial charge on any atom is -0.309 e. The predicted molar refractivity (Wildman–Crippen MR) is 87.2 cm³/mol. The van der Waals surface area contributed by atoms with Crippen LogP contribution in [0.2, 0.25) is 5.02 Å². The summed E-state index contributed by atoms with van der Waals surface area (Å²) in [6.07, 6.45) is 2.10. The highest BCUT2D eigenvalue weighted by Gasteiger charge is 2.41. The molecule has 0 saturated carbocycles. The van der Waals surface area contributed by atoms with Gasteiger partial charge in [0.05, 0.1) is 0 Å². The lowest BCUT2D eigenvalue weighted by atomic mass is 9.84. The van der Waals surface area contributed by atoms with Gasteiger partial charge in [0.1, 0.15) is 5.82 Å². The first kappa shape index (κ1) is 16.7. The van der Waals surface area contributed by atoms with E-state index >= 15 is 0 Å². The van der Waals surface area contributed by atoms with Gasteiger partial charge in [-0.3, -0.25) is 4.90 Å². The molecule has 2 rings (SSSR count). The minimum atomic E-state index is -0.170. The Morgan fingerprint density at radius 1 is 1.29 bits per heavy atom. The SMILES string of the molecule is CCC1(CC)CNC(C)(C)CN1Cc1cc(Cl)ccc1F. The molecule has 1 aliphatic rings. The zero-order valence-corrected chi connectivity index (χ0v) is 14.2. The number of halogens is 2. The smallest absolute Gasteiger partial charge is 0.127 e. The molecule has 0 bridgehead atoms. The maximum Gasteiger partial charge on any atom is 0.127 e. The maximum atomic E-state index is 14.1. The highest BCUT2D eigenvalue weighted by atomic mass is 35.5. The van der Waals surface area contributed by atoms with E-state index in [9.17, 15) is 4.39 Å². The fourth-order valence-corrected chi connectivity index (χ4v) is 3.45. The van der Waals surface area contributed by atoms with Crippen LogP contribution in [-0.4, -0.2) is 29.1 Å². The monoisotopic (exact) mass is 312 g/mol. The second-order valence-electron chi connectivity index (χ2n) is 6.76. The number of benzene rings is 1. The van der Waals surface area contributed by atoms with Crippen LogP contribution < -0.4 is 5.32 Å². The first-order valence-electron chi connectivity index (χ1n) is 7.76. The van der Waals surface area contributed by atoms with Crippen LogP contribution in [0.15, 0.2) is 18.2 Å². The summed E-state index contributed by atoms with van der Waals surface area (Å²) in [7, 11) is 0. The number of piperazine rings is 1. The summed E-state index contributed by atoms with van der Waals surface area (Å²) in [5.41, 5.74) is 0.819. The van der Waals surface area contributed by atoms with Crippen molar-refractivity contribution in [2.75, 3.05) is 13.1 Å². The molecule has 2 nitrogen and oxygen atoms in total. The fourth-order valence-electron chi connectivity index (χ4n) is 3.26. The molecule has 0 aromatic heterocycles. The van der Waals surface area contributed by atoms with Crippen molar-refractivity contribution in [1.82, 2.24) is 10.2 Å². The molecule has 0 atom stereocenters. The van der Waals surface area contributed by atoms with Gasteiger partial charge in [-0.2, -0.15) is 0 Å². The second-order valence-corrected chi connectivity index (χ2v) is 7.20. The van der Waals surface area contributed by atoms with E-state index in [4.69, 9.17) is 11.6 Å². The molecule has 0 amide bonds. The van der Waals surface area contributed by atoms with Gasteiger partial charge in [0.2, 0.25) is 0 Å². The third-order valence-electron chi connectivity index (χ3n) is 4.84. The maximum absolute atomic E-state index is 14.1. The topological polar surface area (TPSA) is 15.3 Å². The highest BCUT2D eigenvalue weighted by molar-refractivity contribution is 6.30. The molecule has 0 spiro atoms. The molecule has 0 aliphatic carbocycles. The van der Waals surface area contributed by atoms with Crippen LogP contribution in [-0.2, 0) is 6.54 Å². The summed E-state index contributed by atoms with van der Waals surface area (Å²) in [4.78, 5) is 2.43. The van der Waals surface area contributed by atoms with Gasteiger partial charge < -0.3 is 5.32 Å². The van der Waals surface area contributed by atoms with E-state index in [1.54, 1.807) is 12.1 Å². The standard InChI is InChI=1S/C17H26ClFN2/c1-5-17(6-2)11-20-16(3,4)12-21(17)10-13-9-14(18)7-8-15(13)19/h7-9,20H,5-6,10-12H2,1-4H3. The zero-order chi connectivity index (χ0) is 15.7. The van der Waals surface area contributed by atoms with Crippen molar-refractivity contribution in [2.45, 2.75) is 58.2 Å². The Bertz CT molecular complexity index is 498. The molecule has 1 saturated heterocycles. The van der Waals surface area contributed by atoms with Gasteiger partial charge in [0.15, 0.2) is 0 Å². The molecule has 21 heavy (non-hydrogen) atoms. The molecular weight excluding hydrogens is 287 g/mol. The number of hydrogen-bond acceptors (Lipinski definition) is 2. The molecule has 1 fully saturated rings. The van der Waals surface area contributed by atoms with Gasteiger partial charge in [-0.25, -0.2) is 4.39 Å². The summed E-state index contributed by atoms with van der Waals surface area (Å²) in [5.74, 6) is -0.170. The quantitative estimate of drug-likeness (QED) is 0.895. The van der Waals surface area contributed by atoms with Crippen LogP contribution >= 0.6 is 11.6 Å². The summed E-state index contributed by atoms with van der Waals surface area (Å²) in [5, 5.41) is 4.23. The van der Waals surface area contributed by atoms with E-state index in [0.717, 1.165) is 25.9 Å². The first-order chi connectivity index (χ1) is 9.82. The molecule has 1 heterocycles. The minimum absolute atomic E-state index is 0.0445. The molecule has 4 heteroatoms. The largest absolute Gasteiger partial charge is 0.309 e. The average Bonchev–Trinajstić information content (AvgIpc) is 2.43. The Hall–Kier alpha value is -0.640. The van der Waals surface area contributed by atoms with Gasteiger partial charge in [0.25, 0.3) is 0 Å². The Balaban J connectivity index is 2.30. The summed E-state index contributed by atoms with van der Waals surface area (Å²) >= 11 is 6.03. The fraction of sp³-hybridized carbons (Fsp3) is 0.647. The lowest BCUT2D eigenvalue weighted by Crippen LogP contribution is -2.67. The lowest BCUT2D eigenvalue weighted by molar-refractivity contribution is 0.00164. The van der Waals surface area contributed by atoms with Gasteiger partial charge in [-0.05, 0) is 44.9 Å². The molecule has 1 N–H and O–H groups in total. The third kappa shape index (κ3) is 3.58. The molecule has 1 aromatic carbocycles. The van der Waals surface area contributed by atoms with Crippen molar-refractivity contribution in [1.29, 1.82) is 0 Å². The Kier molecular flexibility index (Phi) is 4.96. The Morgan fingerprint density at radius 3 is 2.57 bits per heavy atom. The van der Waals surface area contributed by atoms with Gasteiger partial charge in [0, 0.05) is 41.3 Å². The van der Waals surface area contributed by atoms with Crippen molar-refractivity contribution in [3.8, 4) is 0 Å². The van der Waals surface area contributed by atoms with Crippen molar-refractivity contribution in [3.63, 3.8) is 0 Å². The molecule has 1 aromatic rings. The number of rotatable bonds is 4. The molecular formula is C17H26ClFN2. The summed E-state index contributed by atoms with van der Waals surface area (Å²) in [6.45, 7) is 11.3. The highest BCUT2D eigenvalue weighted by Crippen LogP contribution is 2.32. The average molecular weight is 313 g/mol. The summed E-state index contributed by atoms with van der Waals surface area (Å²) < 4.78 is 14.1. The van der Waals surface area contributed by atoms with E-state index in [1.165, 1.54) is 6.07 Å². The van der Waals surface area contributed by atoms with Gasteiger partial charge in [-0.15, -0.1) is 0 Å². The first-order valence-corrected chi connectivity index (χ1v) is 8.14. The van der Waals surface area contributed by atoms with Crippen LogP contribution in [0.4, 0.5) is 4.39 Å². The van der Waals surface area contributed by atoms with E-state index in [0.29, 0.717) is 17.1 Å². The molecule has 0 radical (unpaired) electrons. The van der Waals surface area contributed by atoms with Crippen molar-refractivity contribution in [2.24, 2.45) is 0 Å². The molecule has 118 valence electrons. The van der Waals surface area contributed by atoms with Crippen LogP contribution in [0.3, 0.4) is 0 Å². The van der Waals surface area contributed by atoms with Crippen LogP contribution in [0.5, 0.6) is 0 Å². The van der Waals surface area contributed by atoms with Crippen molar-refractivity contribution >= 4 is 11.6 Å². The van der Waals surface area contributed by atoms with E-state index in [2.05, 4.69) is 37.9 Å². The predicted octanol–water partition coefficient (Wildman–Crippen LogP) is 4.22. The summed E-state index contributed by atoms with van der Waals surface area (Å²) in [6, 6.07) is 4.82. The Morgan fingerprint density at radius 2 is 1.95 bits per heavy atom. The zero-order valence-electron chi connectivity index (χ0n) is 13.5. The van der Waals surface area contributed by atoms with Crippen molar-refractivity contribution in [3.05, 3.63) is 34.6 Å². The van der Waals surface area contributed by atoms with Crippen LogP contribution in [0.25, 0.3) is 0 Å². The van der Waals surface area contributed by atoms with Crippen LogP contribution in [0.1, 0.15) is 46.1 Å². The number of hydrogen-bond donors (Lipinski definition) is 1. The Labute approximate surface area is 132 Å². The van der Waals surface area contributed by atoms with E-state index < -0.39 is 0 Å². The second kappa shape index (κ2) is 6.23. The molecule has 1 aliphatic heterocycles.